The molecule has 0 aliphatic carbocycles. The van der Waals surface area contributed by atoms with Crippen LogP contribution in [0.3, 0.4) is 0 Å². The number of rotatable bonds is 6. The fourth-order valence-corrected chi connectivity index (χ4v) is 2.23. The predicted molar refractivity (Wildman–Crippen MR) is 76.8 cm³/mol. The van der Waals surface area contributed by atoms with Gasteiger partial charge in [0.15, 0.2) is 0 Å². The van der Waals surface area contributed by atoms with Crippen LogP contribution in [0.5, 0.6) is 0 Å². The summed E-state index contributed by atoms with van der Waals surface area (Å²) in [5.41, 5.74) is 0.822. The Morgan fingerprint density at radius 2 is 2.05 bits per heavy atom. The van der Waals surface area contributed by atoms with E-state index in [9.17, 15) is 0 Å². The van der Waals surface area contributed by atoms with E-state index < -0.39 is 0 Å². The van der Waals surface area contributed by atoms with E-state index in [1.165, 1.54) is 0 Å². The van der Waals surface area contributed by atoms with Crippen LogP contribution in [-0.2, 0) is 0 Å². The van der Waals surface area contributed by atoms with E-state index in [-0.39, 0.29) is 5.54 Å². The first-order valence-corrected chi connectivity index (χ1v) is 6.90. The molecule has 0 fully saturated rings. The number of tetrazole rings is 1. The highest BCUT2D eigenvalue weighted by atomic mass is 35.5. The number of benzene rings is 1. The Balaban J connectivity index is 2.25. The van der Waals surface area contributed by atoms with Crippen LogP contribution in [-0.4, -0.2) is 31.6 Å². The van der Waals surface area contributed by atoms with E-state index in [0.717, 1.165) is 18.5 Å². The topological polar surface area (TPSA) is 55.6 Å². The van der Waals surface area contributed by atoms with Crippen molar-refractivity contribution in [1.29, 1.82) is 0 Å². The average molecular weight is 280 g/mol. The highest BCUT2D eigenvalue weighted by Crippen LogP contribution is 2.22. The van der Waals surface area contributed by atoms with Crippen molar-refractivity contribution in [2.24, 2.45) is 0 Å². The molecule has 0 spiro atoms. The van der Waals surface area contributed by atoms with Gasteiger partial charge in [-0.2, -0.15) is 4.68 Å². The fraction of sp³-hybridized carbons (Fsp3) is 0.462. The minimum absolute atomic E-state index is 0.108. The highest BCUT2D eigenvalue weighted by Gasteiger charge is 2.24. The Hall–Kier alpha value is -1.62. The zero-order valence-corrected chi connectivity index (χ0v) is 11.9. The number of para-hydroxylation sites is 1. The van der Waals surface area contributed by atoms with E-state index >= 15 is 0 Å². The third-order valence-electron chi connectivity index (χ3n) is 3.31. The molecule has 0 aliphatic heterocycles. The zero-order chi connectivity index (χ0) is 13.7. The van der Waals surface area contributed by atoms with Crippen LogP contribution in [0.2, 0.25) is 0 Å². The summed E-state index contributed by atoms with van der Waals surface area (Å²) in [4.78, 5) is 0. The van der Waals surface area contributed by atoms with Gasteiger partial charge in [-0.3, -0.25) is 0 Å². The van der Waals surface area contributed by atoms with Gasteiger partial charge in [-0.15, -0.1) is 11.6 Å². The van der Waals surface area contributed by atoms with E-state index in [4.69, 9.17) is 11.6 Å². The SMILES string of the molecule is CCC(C)(CCCl)Nc1nnnn1-c1ccccc1. The molecule has 0 radical (unpaired) electrons. The monoisotopic (exact) mass is 279 g/mol. The van der Waals surface area contributed by atoms with Gasteiger partial charge in [0.2, 0.25) is 5.95 Å². The molecule has 0 bridgehead atoms. The largest absolute Gasteiger partial charge is 0.348 e. The van der Waals surface area contributed by atoms with Gasteiger partial charge in [-0.05, 0) is 42.3 Å². The molecule has 1 aromatic heterocycles. The van der Waals surface area contributed by atoms with Crippen LogP contribution in [0, 0.1) is 0 Å². The molecule has 0 saturated carbocycles. The molecule has 2 rings (SSSR count). The van der Waals surface area contributed by atoms with Crippen LogP contribution in [0.1, 0.15) is 26.7 Å². The smallest absolute Gasteiger partial charge is 0.248 e. The molecular weight excluding hydrogens is 262 g/mol. The molecule has 1 aromatic carbocycles. The van der Waals surface area contributed by atoms with Crippen molar-refractivity contribution in [2.45, 2.75) is 32.2 Å². The lowest BCUT2D eigenvalue weighted by molar-refractivity contribution is 0.475. The van der Waals surface area contributed by atoms with Gasteiger partial charge in [0.25, 0.3) is 0 Å². The minimum Gasteiger partial charge on any atom is -0.348 e. The quantitative estimate of drug-likeness (QED) is 0.826. The van der Waals surface area contributed by atoms with Crippen molar-refractivity contribution in [3.8, 4) is 5.69 Å². The first kappa shape index (κ1) is 13.8. The van der Waals surface area contributed by atoms with Crippen LogP contribution >= 0.6 is 11.6 Å². The van der Waals surface area contributed by atoms with Gasteiger partial charge >= 0.3 is 0 Å². The summed E-state index contributed by atoms with van der Waals surface area (Å²) in [5.74, 6) is 1.24. The summed E-state index contributed by atoms with van der Waals surface area (Å²) >= 11 is 5.86. The van der Waals surface area contributed by atoms with E-state index in [1.54, 1.807) is 4.68 Å². The molecule has 1 atom stereocenters. The van der Waals surface area contributed by atoms with Crippen LogP contribution < -0.4 is 5.32 Å². The molecular formula is C13H18ClN5. The zero-order valence-electron chi connectivity index (χ0n) is 11.2. The number of hydrogen-bond acceptors (Lipinski definition) is 4. The molecule has 2 aromatic rings. The molecule has 0 saturated heterocycles. The number of hydrogen-bond donors (Lipinski definition) is 1. The first-order chi connectivity index (χ1) is 9.18. The van der Waals surface area contributed by atoms with Crippen molar-refractivity contribution in [2.75, 3.05) is 11.2 Å². The molecule has 1 N–H and O–H groups in total. The fourth-order valence-electron chi connectivity index (χ4n) is 1.81. The lowest BCUT2D eigenvalue weighted by atomic mass is 9.96. The summed E-state index contributed by atoms with van der Waals surface area (Å²) < 4.78 is 1.70. The second kappa shape index (κ2) is 6.02. The van der Waals surface area contributed by atoms with E-state index in [2.05, 4.69) is 34.7 Å². The standard InChI is InChI=1S/C13H18ClN5/c1-3-13(2,9-10-14)15-12-16-17-18-19(12)11-7-5-4-6-8-11/h4-8H,3,9-10H2,1-2H3,(H,15,16,18). The lowest BCUT2D eigenvalue weighted by Crippen LogP contribution is -2.35. The number of alkyl halides is 1. The summed E-state index contributed by atoms with van der Waals surface area (Å²) in [6, 6.07) is 9.81. The Morgan fingerprint density at radius 3 is 2.68 bits per heavy atom. The Bertz CT molecular complexity index is 513. The molecule has 1 heterocycles. The van der Waals surface area contributed by atoms with Crippen molar-refractivity contribution in [3.05, 3.63) is 30.3 Å². The summed E-state index contributed by atoms with van der Waals surface area (Å²) in [5, 5.41) is 15.2. The summed E-state index contributed by atoms with van der Waals surface area (Å²) in [6.45, 7) is 4.25. The third-order valence-corrected chi connectivity index (χ3v) is 3.50. The van der Waals surface area contributed by atoms with Gasteiger partial charge in [0.1, 0.15) is 0 Å². The second-order valence-electron chi connectivity index (χ2n) is 4.73. The summed E-state index contributed by atoms with van der Waals surface area (Å²) in [6.07, 6.45) is 1.80. The van der Waals surface area contributed by atoms with Crippen LogP contribution in [0.15, 0.2) is 30.3 Å². The Labute approximate surface area is 118 Å². The van der Waals surface area contributed by atoms with Crippen LogP contribution in [0.25, 0.3) is 5.69 Å². The normalized spacial score (nSPS) is 14.1. The average Bonchev–Trinajstić information content (AvgIpc) is 2.88. The van der Waals surface area contributed by atoms with E-state index in [0.29, 0.717) is 11.8 Å². The maximum Gasteiger partial charge on any atom is 0.248 e. The number of nitrogens with one attached hydrogen (secondary N) is 1. The van der Waals surface area contributed by atoms with E-state index in [1.807, 2.05) is 30.3 Å². The molecule has 1 unspecified atom stereocenters. The third kappa shape index (κ3) is 3.23. The maximum absolute atomic E-state index is 5.86. The van der Waals surface area contributed by atoms with Crippen molar-refractivity contribution < 1.29 is 0 Å². The number of anilines is 1. The predicted octanol–water partition coefficient (Wildman–Crippen LogP) is 2.87. The molecule has 0 amide bonds. The van der Waals surface area contributed by atoms with Gasteiger partial charge in [-0.25, -0.2) is 0 Å². The van der Waals surface area contributed by atoms with Gasteiger partial charge in [0.05, 0.1) is 5.69 Å². The molecule has 6 heteroatoms. The maximum atomic E-state index is 5.86. The number of aromatic nitrogens is 4. The van der Waals surface area contributed by atoms with Crippen molar-refractivity contribution in [1.82, 2.24) is 20.2 Å². The lowest BCUT2D eigenvalue weighted by Gasteiger charge is -2.29. The molecule has 102 valence electrons. The van der Waals surface area contributed by atoms with Gasteiger partial charge < -0.3 is 5.32 Å². The van der Waals surface area contributed by atoms with Gasteiger partial charge in [-0.1, -0.05) is 30.2 Å². The van der Waals surface area contributed by atoms with Gasteiger partial charge in [0, 0.05) is 11.4 Å². The van der Waals surface area contributed by atoms with Crippen LogP contribution in [0.4, 0.5) is 5.95 Å². The second-order valence-corrected chi connectivity index (χ2v) is 5.11. The van der Waals surface area contributed by atoms with Crippen molar-refractivity contribution >= 4 is 17.5 Å². The summed E-state index contributed by atoms with van der Waals surface area (Å²) in [7, 11) is 0. The number of halogens is 1. The molecule has 5 nitrogen and oxygen atoms in total. The Morgan fingerprint density at radius 1 is 1.32 bits per heavy atom. The van der Waals surface area contributed by atoms with Crippen molar-refractivity contribution in [3.63, 3.8) is 0 Å². The first-order valence-electron chi connectivity index (χ1n) is 6.36. The minimum atomic E-state index is -0.108. The molecule has 19 heavy (non-hydrogen) atoms. The Kier molecular flexibility index (Phi) is 4.37. The number of nitrogens with zero attached hydrogens (tertiary/aromatic N) is 4. The molecule has 0 aliphatic rings. The highest BCUT2D eigenvalue weighted by molar-refractivity contribution is 6.17.